The number of oxazole rings is 1. The second-order valence-corrected chi connectivity index (χ2v) is 8.73. The van der Waals surface area contributed by atoms with E-state index in [4.69, 9.17) is 25.5 Å². The summed E-state index contributed by atoms with van der Waals surface area (Å²) in [5.41, 5.74) is 2.34. The van der Waals surface area contributed by atoms with Gasteiger partial charge in [-0.1, -0.05) is 11.6 Å². The van der Waals surface area contributed by atoms with Gasteiger partial charge in [0.1, 0.15) is 23.7 Å². The Morgan fingerprint density at radius 2 is 2.09 bits per heavy atom. The number of ether oxygens (including phenoxy) is 2. The molecule has 0 unspecified atom stereocenters. The Bertz CT molecular complexity index is 1360. The highest BCUT2D eigenvalue weighted by atomic mass is 35.5. The molecule has 182 valence electrons. The number of nitrogens with zero attached hydrogens (tertiary/aromatic N) is 4. The Hall–Kier alpha value is -3.43. The molecule has 1 aliphatic rings. The summed E-state index contributed by atoms with van der Waals surface area (Å²) in [5.74, 6) is 2.99. The molecule has 0 spiro atoms. The van der Waals surface area contributed by atoms with Crippen LogP contribution in [-0.4, -0.2) is 46.7 Å². The van der Waals surface area contributed by atoms with Crippen LogP contribution in [0.3, 0.4) is 0 Å². The average Bonchev–Trinajstić information content (AvgIpc) is 3.23. The number of nitrogens with one attached hydrogen (secondary N) is 1. The summed E-state index contributed by atoms with van der Waals surface area (Å²) in [6.45, 7) is 5.04. The Kier molecular flexibility index (Phi) is 6.70. The molecule has 2 aromatic carbocycles. The second kappa shape index (κ2) is 10.1. The van der Waals surface area contributed by atoms with Crippen LogP contribution < -0.4 is 14.8 Å². The Morgan fingerprint density at radius 3 is 2.91 bits per heavy atom. The van der Waals surface area contributed by atoms with Crippen molar-refractivity contribution in [2.45, 2.75) is 26.3 Å². The van der Waals surface area contributed by atoms with Crippen molar-refractivity contribution >= 4 is 34.0 Å². The molecule has 0 atom stereocenters. The zero-order chi connectivity index (χ0) is 24.4. The van der Waals surface area contributed by atoms with Gasteiger partial charge in [-0.2, -0.15) is 0 Å². The van der Waals surface area contributed by atoms with Gasteiger partial charge in [0.15, 0.2) is 17.4 Å². The van der Waals surface area contributed by atoms with Gasteiger partial charge in [-0.25, -0.2) is 19.3 Å². The summed E-state index contributed by atoms with van der Waals surface area (Å²) in [6, 6.07) is 8.08. The standard InChI is InChI=1S/C25H25ClFN5O3/c1-15-30-21-13-32(8-6-22(21)35-15)7-3-9-34-24-11-17-20(12-23(24)33-2)28-14-29-25(17)31-16-4-5-19(27)18(26)10-16/h4-5,10-12,14H,3,6-9,13H2,1-2H3,(H,28,29,31). The number of hydrogen-bond acceptors (Lipinski definition) is 8. The molecule has 35 heavy (non-hydrogen) atoms. The molecule has 8 nitrogen and oxygen atoms in total. The molecule has 0 aliphatic carbocycles. The summed E-state index contributed by atoms with van der Waals surface area (Å²) in [4.78, 5) is 15.5. The molecule has 3 heterocycles. The van der Waals surface area contributed by atoms with E-state index in [2.05, 4.69) is 25.2 Å². The zero-order valence-corrected chi connectivity index (χ0v) is 20.2. The summed E-state index contributed by atoms with van der Waals surface area (Å²) < 4.78 is 30.8. The van der Waals surface area contributed by atoms with Gasteiger partial charge in [0.25, 0.3) is 0 Å². The minimum atomic E-state index is -0.480. The molecule has 0 saturated carbocycles. The van der Waals surface area contributed by atoms with E-state index in [9.17, 15) is 4.39 Å². The lowest BCUT2D eigenvalue weighted by molar-refractivity contribution is 0.210. The maximum Gasteiger partial charge on any atom is 0.191 e. The van der Waals surface area contributed by atoms with Gasteiger partial charge < -0.3 is 19.2 Å². The maximum absolute atomic E-state index is 13.5. The van der Waals surface area contributed by atoms with Crippen LogP contribution in [-0.2, 0) is 13.0 Å². The van der Waals surface area contributed by atoms with Crippen LogP contribution in [0.1, 0.15) is 23.8 Å². The number of aromatic nitrogens is 3. The average molecular weight is 498 g/mol. The molecule has 10 heteroatoms. The van der Waals surface area contributed by atoms with Crippen LogP contribution in [0, 0.1) is 12.7 Å². The maximum atomic E-state index is 13.5. The minimum absolute atomic E-state index is 0.0302. The summed E-state index contributed by atoms with van der Waals surface area (Å²) in [5, 5.41) is 3.96. The third-order valence-electron chi connectivity index (χ3n) is 5.89. The third kappa shape index (κ3) is 5.16. The highest BCUT2D eigenvalue weighted by molar-refractivity contribution is 6.31. The molecule has 0 saturated heterocycles. The van der Waals surface area contributed by atoms with Gasteiger partial charge >= 0.3 is 0 Å². The van der Waals surface area contributed by atoms with Gasteiger partial charge in [0.2, 0.25) is 0 Å². The van der Waals surface area contributed by atoms with Gasteiger partial charge in [-0.05, 0) is 30.7 Å². The van der Waals surface area contributed by atoms with Crippen molar-refractivity contribution in [1.29, 1.82) is 0 Å². The van der Waals surface area contributed by atoms with Crippen LogP contribution in [0.15, 0.2) is 41.1 Å². The topological polar surface area (TPSA) is 85.5 Å². The predicted molar refractivity (Wildman–Crippen MR) is 131 cm³/mol. The van der Waals surface area contributed by atoms with E-state index in [0.29, 0.717) is 35.1 Å². The smallest absolute Gasteiger partial charge is 0.191 e. The largest absolute Gasteiger partial charge is 0.493 e. The quantitative estimate of drug-likeness (QED) is 0.328. The van der Waals surface area contributed by atoms with Crippen LogP contribution >= 0.6 is 11.6 Å². The third-order valence-corrected chi connectivity index (χ3v) is 6.18. The van der Waals surface area contributed by atoms with Crippen LogP contribution in [0.5, 0.6) is 11.5 Å². The van der Waals surface area contributed by atoms with Crippen LogP contribution in [0.2, 0.25) is 5.02 Å². The van der Waals surface area contributed by atoms with E-state index in [1.54, 1.807) is 13.2 Å². The minimum Gasteiger partial charge on any atom is -0.493 e. The molecule has 1 N–H and O–H groups in total. The molecule has 0 amide bonds. The Morgan fingerprint density at radius 1 is 1.20 bits per heavy atom. The number of aryl methyl sites for hydroxylation is 1. The number of methoxy groups -OCH3 is 1. The fourth-order valence-electron chi connectivity index (χ4n) is 4.19. The van der Waals surface area contributed by atoms with E-state index >= 15 is 0 Å². The summed E-state index contributed by atoms with van der Waals surface area (Å²) >= 11 is 5.92. The van der Waals surface area contributed by atoms with Crippen molar-refractivity contribution in [3.63, 3.8) is 0 Å². The second-order valence-electron chi connectivity index (χ2n) is 8.33. The van der Waals surface area contributed by atoms with Crippen LogP contribution in [0.4, 0.5) is 15.9 Å². The molecule has 0 bridgehead atoms. The molecular formula is C25H25ClFN5O3. The predicted octanol–water partition coefficient (Wildman–Crippen LogP) is 5.30. The number of halogens is 2. The highest BCUT2D eigenvalue weighted by Crippen LogP contribution is 2.35. The number of benzene rings is 2. The number of fused-ring (bicyclic) bond motifs is 2. The molecule has 1 aliphatic heterocycles. The van der Waals surface area contributed by atoms with E-state index in [1.165, 1.54) is 18.5 Å². The zero-order valence-electron chi connectivity index (χ0n) is 19.5. The van der Waals surface area contributed by atoms with Crippen molar-refractivity contribution in [2.75, 3.05) is 32.1 Å². The highest BCUT2D eigenvalue weighted by Gasteiger charge is 2.21. The lowest BCUT2D eigenvalue weighted by Gasteiger charge is -2.25. The summed E-state index contributed by atoms with van der Waals surface area (Å²) in [7, 11) is 1.60. The fraction of sp³-hybridized carbons (Fsp3) is 0.320. The van der Waals surface area contributed by atoms with Crippen molar-refractivity contribution in [3.8, 4) is 11.5 Å². The SMILES string of the molecule is COc1cc2ncnc(Nc3ccc(F)c(Cl)c3)c2cc1OCCCN1CCc2oc(C)nc2C1. The Labute approximate surface area is 207 Å². The van der Waals surface area contributed by atoms with Gasteiger partial charge in [-0.15, -0.1) is 0 Å². The molecular weight excluding hydrogens is 473 g/mol. The van der Waals surface area contributed by atoms with Gasteiger partial charge in [0.05, 0.1) is 29.9 Å². The van der Waals surface area contributed by atoms with E-state index in [1.807, 2.05) is 19.1 Å². The van der Waals surface area contributed by atoms with Crippen molar-refractivity contribution < 1.29 is 18.3 Å². The van der Waals surface area contributed by atoms with E-state index in [-0.39, 0.29) is 5.02 Å². The lowest BCUT2D eigenvalue weighted by Crippen LogP contribution is -2.31. The first-order valence-corrected chi connectivity index (χ1v) is 11.7. The molecule has 4 aromatic rings. The molecule has 0 fully saturated rings. The molecule has 0 radical (unpaired) electrons. The first-order valence-electron chi connectivity index (χ1n) is 11.4. The van der Waals surface area contributed by atoms with Crippen molar-refractivity contribution in [2.24, 2.45) is 0 Å². The monoisotopic (exact) mass is 497 g/mol. The van der Waals surface area contributed by atoms with Crippen molar-refractivity contribution in [1.82, 2.24) is 19.9 Å². The number of rotatable bonds is 8. The fourth-order valence-corrected chi connectivity index (χ4v) is 4.37. The first-order chi connectivity index (χ1) is 17.0. The number of hydrogen-bond donors (Lipinski definition) is 1. The van der Waals surface area contributed by atoms with Gasteiger partial charge in [-0.3, -0.25) is 4.90 Å². The Balaban J connectivity index is 1.27. The summed E-state index contributed by atoms with van der Waals surface area (Å²) in [6.07, 6.45) is 3.18. The molecule has 5 rings (SSSR count). The van der Waals surface area contributed by atoms with E-state index < -0.39 is 5.82 Å². The van der Waals surface area contributed by atoms with Crippen LogP contribution in [0.25, 0.3) is 10.9 Å². The lowest BCUT2D eigenvalue weighted by atomic mass is 10.1. The number of anilines is 2. The van der Waals surface area contributed by atoms with E-state index in [0.717, 1.165) is 55.2 Å². The normalized spacial score (nSPS) is 13.6. The first kappa shape index (κ1) is 23.3. The van der Waals surface area contributed by atoms with Crippen molar-refractivity contribution in [3.05, 3.63) is 64.8 Å². The van der Waals surface area contributed by atoms with Gasteiger partial charge in [0, 0.05) is 50.1 Å². The molecule has 2 aromatic heterocycles.